The van der Waals surface area contributed by atoms with E-state index in [1.54, 1.807) is 4.90 Å². The fourth-order valence-electron chi connectivity index (χ4n) is 4.10. The number of fused-ring (bicyclic) bond motifs is 2. The molecule has 176 valence electrons. The van der Waals surface area contributed by atoms with E-state index < -0.39 is 0 Å². The lowest BCUT2D eigenvalue weighted by atomic mass is 10.0. The highest BCUT2D eigenvalue weighted by Crippen LogP contribution is 2.34. The molecule has 5 aromatic rings. The number of rotatable bonds is 7. The van der Waals surface area contributed by atoms with E-state index >= 15 is 0 Å². The van der Waals surface area contributed by atoms with Gasteiger partial charge in [-0.3, -0.25) is 9.69 Å². The van der Waals surface area contributed by atoms with Crippen molar-refractivity contribution in [1.29, 1.82) is 0 Å². The largest absolute Gasteiger partial charge is 0.309 e. The summed E-state index contributed by atoms with van der Waals surface area (Å²) in [6.07, 6.45) is 0.816. The van der Waals surface area contributed by atoms with Crippen LogP contribution in [0, 0.1) is 0 Å². The van der Waals surface area contributed by atoms with Gasteiger partial charge in [-0.2, -0.15) is 0 Å². The average molecular weight is 501 g/mol. The van der Waals surface area contributed by atoms with Crippen molar-refractivity contribution in [2.75, 3.05) is 32.1 Å². The van der Waals surface area contributed by atoms with E-state index in [9.17, 15) is 4.79 Å². The first-order valence-corrected chi connectivity index (χ1v) is 12.7. The number of hydrogen-bond donors (Lipinski definition) is 0. The predicted molar refractivity (Wildman–Crippen MR) is 147 cm³/mol. The molecule has 0 atom stereocenters. The summed E-state index contributed by atoms with van der Waals surface area (Å²) in [7, 11) is 4.07. The van der Waals surface area contributed by atoms with Crippen molar-refractivity contribution in [1.82, 2.24) is 14.9 Å². The molecule has 0 saturated heterocycles. The Hall–Kier alpha value is -3.32. The molecule has 3 aromatic carbocycles. The molecule has 0 saturated carbocycles. The van der Waals surface area contributed by atoms with Gasteiger partial charge in [-0.1, -0.05) is 77.5 Å². The van der Waals surface area contributed by atoms with Crippen LogP contribution in [0.1, 0.15) is 16.8 Å². The summed E-state index contributed by atoms with van der Waals surface area (Å²) in [6, 6.07) is 25.4. The third-order valence-corrected chi connectivity index (χ3v) is 7.19. The Morgan fingerprint density at radius 3 is 2.46 bits per heavy atom. The van der Waals surface area contributed by atoms with Gasteiger partial charge in [0.1, 0.15) is 5.52 Å². The van der Waals surface area contributed by atoms with Crippen LogP contribution in [-0.4, -0.2) is 48.0 Å². The Kier molecular flexibility index (Phi) is 6.77. The number of thiazole rings is 1. The summed E-state index contributed by atoms with van der Waals surface area (Å²) >= 11 is 7.90. The van der Waals surface area contributed by atoms with Gasteiger partial charge in [-0.25, -0.2) is 9.97 Å². The number of carbonyl (C=O) groups excluding carboxylic acids is 1. The van der Waals surface area contributed by atoms with Crippen LogP contribution in [0.25, 0.3) is 32.4 Å². The number of hydrogen-bond acceptors (Lipinski definition) is 5. The Morgan fingerprint density at radius 1 is 0.914 bits per heavy atom. The zero-order valence-electron chi connectivity index (χ0n) is 19.6. The minimum absolute atomic E-state index is 0.0882. The van der Waals surface area contributed by atoms with Gasteiger partial charge >= 0.3 is 0 Å². The van der Waals surface area contributed by atoms with E-state index in [0.29, 0.717) is 22.3 Å². The van der Waals surface area contributed by atoms with Crippen LogP contribution in [-0.2, 0) is 0 Å². The number of pyridine rings is 1. The van der Waals surface area contributed by atoms with Gasteiger partial charge in [0.15, 0.2) is 5.13 Å². The summed E-state index contributed by atoms with van der Waals surface area (Å²) in [6.45, 7) is 1.41. The predicted octanol–water partition coefficient (Wildman–Crippen LogP) is 6.76. The van der Waals surface area contributed by atoms with E-state index in [2.05, 4.69) is 4.90 Å². The van der Waals surface area contributed by atoms with Crippen LogP contribution in [0.2, 0.25) is 5.02 Å². The first-order valence-electron chi connectivity index (χ1n) is 11.5. The minimum atomic E-state index is -0.0882. The summed E-state index contributed by atoms with van der Waals surface area (Å²) in [5, 5.41) is 2.07. The van der Waals surface area contributed by atoms with Crippen LogP contribution in [0.5, 0.6) is 0 Å². The van der Waals surface area contributed by atoms with Crippen molar-refractivity contribution in [2.24, 2.45) is 0 Å². The third-order valence-electron chi connectivity index (χ3n) is 5.84. The maximum Gasteiger partial charge on any atom is 0.260 e. The fraction of sp³-hybridized carbons (Fsp3) is 0.179. The van der Waals surface area contributed by atoms with E-state index in [1.807, 2.05) is 93.0 Å². The maximum atomic E-state index is 14.2. The summed E-state index contributed by atoms with van der Waals surface area (Å²) in [4.78, 5) is 27.7. The number of aromatic nitrogens is 2. The zero-order chi connectivity index (χ0) is 24.4. The summed E-state index contributed by atoms with van der Waals surface area (Å²) in [5.41, 5.74) is 3.87. The Labute approximate surface area is 213 Å². The van der Waals surface area contributed by atoms with Gasteiger partial charge in [-0.05, 0) is 51.3 Å². The molecule has 35 heavy (non-hydrogen) atoms. The van der Waals surface area contributed by atoms with E-state index in [4.69, 9.17) is 21.6 Å². The Balaban J connectivity index is 1.63. The van der Waals surface area contributed by atoms with Crippen LogP contribution < -0.4 is 4.90 Å². The number of anilines is 1. The first kappa shape index (κ1) is 23.4. The highest BCUT2D eigenvalue weighted by atomic mass is 35.5. The Bertz CT molecular complexity index is 1500. The number of halogens is 1. The van der Waals surface area contributed by atoms with Gasteiger partial charge in [0.25, 0.3) is 5.91 Å². The standard InChI is InChI=1S/C28H25ClN4OS/c1-32(2)16-9-17-33(28-31-26-22(29)13-8-15-25(26)35-28)27(34)21-18-24(19-10-4-3-5-11-19)30-23-14-7-6-12-20(21)23/h3-8,10-15,18H,9,16-17H2,1-2H3. The van der Waals surface area contributed by atoms with Gasteiger partial charge in [-0.15, -0.1) is 0 Å². The molecule has 0 aliphatic carbocycles. The number of benzene rings is 3. The monoisotopic (exact) mass is 500 g/mol. The Morgan fingerprint density at radius 2 is 1.69 bits per heavy atom. The van der Waals surface area contributed by atoms with E-state index in [-0.39, 0.29) is 5.91 Å². The van der Waals surface area contributed by atoms with E-state index in [1.165, 1.54) is 11.3 Å². The first-order chi connectivity index (χ1) is 17.0. The molecule has 2 heterocycles. The van der Waals surface area contributed by atoms with Crippen LogP contribution in [0.15, 0.2) is 78.9 Å². The SMILES string of the molecule is CN(C)CCCN(C(=O)c1cc(-c2ccccc2)nc2ccccc12)c1nc2c(Cl)cccc2s1. The smallest absolute Gasteiger partial charge is 0.260 e. The minimum Gasteiger partial charge on any atom is -0.309 e. The maximum absolute atomic E-state index is 14.2. The van der Waals surface area contributed by atoms with Crippen molar-refractivity contribution >= 4 is 55.1 Å². The molecule has 2 aromatic heterocycles. The number of para-hydroxylation sites is 2. The number of nitrogens with zero attached hydrogens (tertiary/aromatic N) is 4. The van der Waals surface area contributed by atoms with Gasteiger partial charge in [0, 0.05) is 17.5 Å². The van der Waals surface area contributed by atoms with Crippen LogP contribution in [0.3, 0.4) is 0 Å². The molecule has 0 N–H and O–H groups in total. The molecular formula is C28H25ClN4OS. The number of amides is 1. The van der Waals surface area contributed by atoms with E-state index in [0.717, 1.165) is 45.3 Å². The van der Waals surface area contributed by atoms with Crippen molar-refractivity contribution in [2.45, 2.75) is 6.42 Å². The van der Waals surface area contributed by atoms with Crippen molar-refractivity contribution in [3.63, 3.8) is 0 Å². The molecule has 7 heteroatoms. The molecule has 0 unspecified atom stereocenters. The highest BCUT2D eigenvalue weighted by molar-refractivity contribution is 7.22. The average Bonchev–Trinajstić information content (AvgIpc) is 3.31. The zero-order valence-corrected chi connectivity index (χ0v) is 21.2. The molecule has 0 bridgehead atoms. The van der Waals surface area contributed by atoms with Gasteiger partial charge in [0.2, 0.25) is 0 Å². The van der Waals surface area contributed by atoms with Crippen LogP contribution in [0.4, 0.5) is 5.13 Å². The normalized spacial score (nSPS) is 11.4. The summed E-state index contributed by atoms with van der Waals surface area (Å²) in [5.74, 6) is -0.0882. The van der Waals surface area contributed by atoms with Crippen LogP contribution >= 0.6 is 22.9 Å². The van der Waals surface area contributed by atoms with Crippen molar-refractivity contribution in [3.8, 4) is 11.3 Å². The summed E-state index contributed by atoms with van der Waals surface area (Å²) < 4.78 is 0.961. The molecule has 0 aliphatic heterocycles. The van der Waals surface area contributed by atoms with Gasteiger partial charge < -0.3 is 4.90 Å². The molecule has 0 spiro atoms. The molecular weight excluding hydrogens is 476 g/mol. The number of carbonyl (C=O) groups is 1. The molecule has 0 fully saturated rings. The molecule has 5 nitrogen and oxygen atoms in total. The second-order valence-electron chi connectivity index (χ2n) is 8.63. The molecule has 1 amide bonds. The highest BCUT2D eigenvalue weighted by Gasteiger charge is 2.24. The fourth-order valence-corrected chi connectivity index (χ4v) is 5.39. The lowest BCUT2D eigenvalue weighted by Gasteiger charge is -2.22. The molecule has 0 radical (unpaired) electrons. The lowest BCUT2D eigenvalue weighted by Crippen LogP contribution is -2.33. The molecule has 5 rings (SSSR count). The van der Waals surface area contributed by atoms with Crippen molar-refractivity contribution < 1.29 is 4.79 Å². The topological polar surface area (TPSA) is 49.3 Å². The quantitative estimate of drug-likeness (QED) is 0.247. The van der Waals surface area contributed by atoms with Gasteiger partial charge in [0.05, 0.1) is 26.5 Å². The lowest BCUT2D eigenvalue weighted by molar-refractivity contribution is 0.0987. The second-order valence-corrected chi connectivity index (χ2v) is 10.1. The second kappa shape index (κ2) is 10.1. The molecule has 0 aliphatic rings. The third kappa shape index (κ3) is 4.91. The van der Waals surface area contributed by atoms with Crippen molar-refractivity contribution in [3.05, 3.63) is 89.4 Å².